The molecule has 0 spiro atoms. The van der Waals surface area contributed by atoms with E-state index in [0.717, 1.165) is 9.98 Å². The van der Waals surface area contributed by atoms with Gasteiger partial charge >= 0.3 is 11.9 Å². The zero-order valence-electron chi connectivity index (χ0n) is 20.5. The largest absolute Gasteiger partial charge is 0.463 e. The normalized spacial score (nSPS) is 15.3. The van der Waals surface area contributed by atoms with E-state index in [1.807, 2.05) is 13.8 Å². The number of esters is 2. The molecule has 1 aromatic carbocycles. The molecule has 8 nitrogen and oxygen atoms in total. The first-order valence-electron chi connectivity index (χ1n) is 11.1. The molecule has 1 aromatic rings. The summed E-state index contributed by atoms with van der Waals surface area (Å²) < 4.78 is 38.6. The van der Waals surface area contributed by atoms with Gasteiger partial charge in [0, 0.05) is 24.4 Å². The Balaban J connectivity index is 2.74. The Hall–Kier alpha value is -2.65. The second-order valence-electron chi connectivity index (χ2n) is 7.84. The summed E-state index contributed by atoms with van der Waals surface area (Å²) >= 11 is 0. The van der Waals surface area contributed by atoms with Crippen molar-refractivity contribution in [3.8, 4) is 0 Å². The fraction of sp³-hybridized carbons (Fsp3) is 0.500. The van der Waals surface area contributed by atoms with Crippen LogP contribution in [0.15, 0.2) is 51.7 Å². The number of rotatable bonds is 9. The van der Waals surface area contributed by atoms with Crippen molar-refractivity contribution in [1.82, 2.24) is 9.42 Å². The number of hydrogen-bond acceptors (Lipinski definition) is 7. The zero-order valence-corrected chi connectivity index (χ0v) is 21.3. The van der Waals surface area contributed by atoms with E-state index in [9.17, 15) is 18.0 Å². The van der Waals surface area contributed by atoms with Gasteiger partial charge in [-0.05, 0) is 53.2 Å². The van der Waals surface area contributed by atoms with Crippen molar-refractivity contribution >= 4 is 22.0 Å². The third kappa shape index (κ3) is 5.30. The fourth-order valence-electron chi connectivity index (χ4n) is 4.10. The van der Waals surface area contributed by atoms with E-state index < -0.39 is 27.9 Å². The molecular formula is C24H34N2O6S. The van der Waals surface area contributed by atoms with Crippen molar-refractivity contribution in [2.24, 2.45) is 5.92 Å². The van der Waals surface area contributed by atoms with E-state index in [1.165, 1.54) is 24.2 Å². The number of hydrazine groups is 1. The molecule has 0 fully saturated rings. The van der Waals surface area contributed by atoms with Crippen LogP contribution >= 0.6 is 0 Å². The summed E-state index contributed by atoms with van der Waals surface area (Å²) in [6.07, 6.45) is 1.22. The van der Waals surface area contributed by atoms with Crippen LogP contribution in [0.2, 0.25) is 0 Å². The molecule has 0 atom stereocenters. The molecule has 0 bridgehead atoms. The summed E-state index contributed by atoms with van der Waals surface area (Å²) in [5.74, 6) is -1.71. The van der Waals surface area contributed by atoms with Crippen molar-refractivity contribution < 1.29 is 27.5 Å². The van der Waals surface area contributed by atoms with Gasteiger partial charge in [0.15, 0.2) is 0 Å². The highest BCUT2D eigenvalue weighted by Crippen LogP contribution is 2.40. The van der Waals surface area contributed by atoms with Gasteiger partial charge in [-0.1, -0.05) is 31.0 Å². The molecule has 0 saturated carbocycles. The Morgan fingerprint density at radius 3 is 1.76 bits per heavy atom. The van der Waals surface area contributed by atoms with E-state index in [-0.39, 0.29) is 29.3 Å². The Labute approximate surface area is 196 Å². The molecule has 1 aliphatic heterocycles. The maximum absolute atomic E-state index is 13.5. The van der Waals surface area contributed by atoms with Gasteiger partial charge in [0.1, 0.15) is 0 Å². The molecule has 0 unspecified atom stereocenters. The summed E-state index contributed by atoms with van der Waals surface area (Å²) in [5, 5.41) is 1.39. The van der Waals surface area contributed by atoms with Crippen LogP contribution in [0.1, 0.15) is 53.0 Å². The van der Waals surface area contributed by atoms with Crippen molar-refractivity contribution in [3.05, 3.63) is 52.4 Å². The average Bonchev–Trinajstić information content (AvgIpc) is 2.74. The highest BCUT2D eigenvalue weighted by Gasteiger charge is 2.42. The van der Waals surface area contributed by atoms with E-state index in [0.29, 0.717) is 24.2 Å². The molecule has 1 heterocycles. The highest BCUT2D eigenvalue weighted by molar-refractivity contribution is 7.89. The number of carbonyl (C=O) groups excluding carboxylic acids is 2. The molecule has 0 saturated heterocycles. The van der Waals surface area contributed by atoms with Crippen LogP contribution in [0.4, 0.5) is 0 Å². The zero-order chi connectivity index (χ0) is 24.9. The monoisotopic (exact) mass is 478 g/mol. The fourth-order valence-corrected chi connectivity index (χ4v) is 5.34. The minimum atomic E-state index is -3.99. The quantitative estimate of drug-likeness (QED) is 0.496. The van der Waals surface area contributed by atoms with Crippen LogP contribution < -0.4 is 0 Å². The number of nitrogens with zero attached hydrogens (tertiary/aromatic N) is 2. The lowest BCUT2D eigenvalue weighted by molar-refractivity contribution is -0.140. The maximum atomic E-state index is 13.5. The highest BCUT2D eigenvalue weighted by atomic mass is 32.2. The Morgan fingerprint density at radius 2 is 1.36 bits per heavy atom. The van der Waals surface area contributed by atoms with E-state index in [4.69, 9.17) is 9.47 Å². The topological polar surface area (TPSA) is 93.2 Å². The van der Waals surface area contributed by atoms with Crippen molar-refractivity contribution in [1.29, 1.82) is 0 Å². The lowest BCUT2D eigenvalue weighted by atomic mass is 9.82. The number of hydrogen-bond donors (Lipinski definition) is 0. The molecule has 1 aliphatic rings. The molecule has 182 valence electrons. The van der Waals surface area contributed by atoms with Crippen molar-refractivity contribution in [3.63, 3.8) is 0 Å². The summed E-state index contributed by atoms with van der Waals surface area (Å²) in [4.78, 5) is 26.1. The van der Waals surface area contributed by atoms with Gasteiger partial charge in [-0.3, -0.25) is 5.01 Å². The molecule has 0 N–H and O–H groups in total. The predicted molar refractivity (Wildman–Crippen MR) is 125 cm³/mol. The third-order valence-electron chi connectivity index (χ3n) is 5.63. The Bertz CT molecular complexity index is 1010. The first kappa shape index (κ1) is 26.6. The predicted octanol–water partition coefficient (Wildman–Crippen LogP) is 3.94. The Morgan fingerprint density at radius 1 is 0.909 bits per heavy atom. The van der Waals surface area contributed by atoms with Gasteiger partial charge in [0.2, 0.25) is 0 Å². The van der Waals surface area contributed by atoms with Gasteiger partial charge in [-0.25, -0.2) is 18.0 Å². The third-order valence-corrected chi connectivity index (χ3v) is 7.36. The van der Waals surface area contributed by atoms with Crippen LogP contribution in [-0.4, -0.2) is 50.0 Å². The number of carbonyl (C=O) groups is 2. The molecule has 0 radical (unpaired) electrons. The SMILES string of the molecule is CCCC1C(C(=O)OCC)=C(C)N(N(C)S(=O)(=O)c2ccc(C)cc2)C(C)=C1C(=O)OCC. The van der Waals surface area contributed by atoms with Crippen molar-refractivity contribution in [2.75, 3.05) is 20.3 Å². The van der Waals surface area contributed by atoms with E-state index >= 15 is 0 Å². The van der Waals surface area contributed by atoms with Gasteiger partial charge < -0.3 is 9.47 Å². The number of ether oxygens (including phenoxy) is 2. The molecular weight excluding hydrogens is 444 g/mol. The number of aryl methyl sites for hydroxylation is 1. The lowest BCUT2D eigenvalue weighted by Gasteiger charge is -2.41. The summed E-state index contributed by atoms with van der Waals surface area (Å²) in [6, 6.07) is 6.49. The first-order valence-corrected chi connectivity index (χ1v) is 12.6. The lowest BCUT2D eigenvalue weighted by Crippen LogP contribution is -2.46. The summed E-state index contributed by atoms with van der Waals surface area (Å²) in [7, 11) is -2.59. The van der Waals surface area contributed by atoms with E-state index in [2.05, 4.69) is 0 Å². The second kappa shape index (κ2) is 11.0. The molecule has 2 rings (SSSR count). The molecule has 9 heteroatoms. The number of benzene rings is 1. The number of sulfonamides is 1. The standard InChI is InChI=1S/C24H34N2O6S/c1-8-11-20-21(23(27)31-9-2)17(5)26(18(6)22(20)24(28)32-10-3)25(7)33(29,30)19-14-12-16(4)13-15-19/h12-15,20H,8-11H2,1-7H3. The maximum Gasteiger partial charge on any atom is 0.336 e. The first-order chi connectivity index (χ1) is 15.5. The summed E-state index contributed by atoms with van der Waals surface area (Å²) in [5.41, 5.74) is 2.25. The van der Waals surface area contributed by atoms with Crippen LogP contribution in [0, 0.1) is 12.8 Å². The average molecular weight is 479 g/mol. The molecule has 0 aliphatic carbocycles. The van der Waals surface area contributed by atoms with Crippen LogP contribution in [0.5, 0.6) is 0 Å². The second-order valence-corrected chi connectivity index (χ2v) is 9.79. The summed E-state index contributed by atoms with van der Waals surface area (Å²) in [6.45, 7) is 10.9. The van der Waals surface area contributed by atoms with Gasteiger partial charge in [0.25, 0.3) is 10.0 Å². The smallest absolute Gasteiger partial charge is 0.336 e. The van der Waals surface area contributed by atoms with Crippen molar-refractivity contribution in [2.45, 2.75) is 59.3 Å². The molecule has 0 aromatic heterocycles. The van der Waals surface area contributed by atoms with E-state index in [1.54, 1.807) is 39.8 Å². The van der Waals surface area contributed by atoms with Crippen LogP contribution in [0.3, 0.4) is 0 Å². The van der Waals surface area contributed by atoms with Gasteiger partial charge in [-0.2, -0.15) is 0 Å². The Kier molecular flexibility index (Phi) is 8.85. The van der Waals surface area contributed by atoms with Gasteiger partial charge in [0.05, 0.1) is 29.3 Å². The minimum absolute atomic E-state index is 0.0993. The van der Waals surface area contributed by atoms with Crippen LogP contribution in [-0.2, 0) is 29.1 Å². The number of allylic oxidation sites excluding steroid dienone is 2. The van der Waals surface area contributed by atoms with Crippen LogP contribution in [0.25, 0.3) is 0 Å². The van der Waals surface area contributed by atoms with Gasteiger partial charge in [-0.15, -0.1) is 4.41 Å². The molecule has 33 heavy (non-hydrogen) atoms. The minimum Gasteiger partial charge on any atom is -0.463 e. The molecule has 0 amide bonds.